The molecular formula is C20H25NO3. The van der Waals surface area contributed by atoms with Gasteiger partial charge in [-0.2, -0.15) is 0 Å². The largest absolute Gasteiger partial charge is 0.457 e. The van der Waals surface area contributed by atoms with Crippen LogP contribution in [0.2, 0.25) is 0 Å². The summed E-state index contributed by atoms with van der Waals surface area (Å²) >= 11 is 0. The zero-order chi connectivity index (χ0) is 18.1. The van der Waals surface area contributed by atoms with Crippen molar-refractivity contribution in [1.82, 2.24) is 0 Å². The van der Waals surface area contributed by atoms with Crippen molar-refractivity contribution < 1.29 is 9.66 Å². The minimum Gasteiger partial charge on any atom is -0.457 e. The molecule has 0 saturated carbocycles. The molecule has 2 rings (SSSR count). The van der Waals surface area contributed by atoms with E-state index in [2.05, 4.69) is 32.9 Å². The maximum Gasteiger partial charge on any atom is 0.269 e. The fourth-order valence-corrected chi connectivity index (χ4v) is 2.46. The number of nitro groups is 1. The lowest BCUT2D eigenvalue weighted by molar-refractivity contribution is -0.385. The number of hydrogen-bond acceptors (Lipinski definition) is 3. The van der Waals surface area contributed by atoms with Crippen LogP contribution in [0.25, 0.3) is 0 Å². The molecule has 128 valence electrons. The third-order valence-electron chi connectivity index (χ3n) is 3.93. The van der Waals surface area contributed by atoms with Crippen LogP contribution in [-0.4, -0.2) is 4.92 Å². The zero-order valence-electron chi connectivity index (χ0n) is 15.2. The van der Waals surface area contributed by atoms with Gasteiger partial charge < -0.3 is 4.74 Å². The molecule has 0 unspecified atom stereocenters. The second-order valence-corrected chi connectivity index (χ2v) is 8.06. The van der Waals surface area contributed by atoms with Gasteiger partial charge in [0.1, 0.15) is 11.5 Å². The second kappa shape index (κ2) is 6.27. The molecule has 0 fully saturated rings. The molecule has 4 nitrogen and oxygen atoms in total. The Morgan fingerprint density at radius 1 is 0.875 bits per heavy atom. The molecule has 0 aliphatic heterocycles. The summed E-state index contributed by atoms with van der Waals surface area (Å²) in [6.07, 6.45) is 0. The molecule has 0 atom stereocenters. The Hall–Kier alpha value is -2.36. The van der Waals surface area contributed by atoms with E-state index in [4.69, 9.17) is 4.74 Å². The Morgan fingerprint density at radius 3 is 1.92 bits per heavy atom. The van der Waals surface area contributed by atoms with E-state index in [-0.39, 0.29) is 21.4 Å². The number of nitro benzene ring substituents is 1. The van der Waals surface area contributed by atoms with Crippen molar-refractivity contribution in [3.8, 4) is 11.5 Å². The summed E-state index contributed by atoms with van der Waals surface area (Å²) in [5, 5.41) is 11.0. The molecule has 0 heterocycles. The van der Waals surface area contributed by atoms with E-state index >= 15 is 0 Å². The van der Waals surface area contributed by atoms with Crippen molar-refractivity contribution in [2.24, 2.45) is 0 Å². The van der Waals surface area contributed by atoms with E-state index < -0.39 is 0 Å². The molecule has 0 bridgehead atoms. The van der Waals surface area contributed by atoms with Crippen LogP contribution >= 0.6 is 0 Å². The quantitative estimate of drug-likeness (QED) is 0.514. The number of benzene rings is 2. The van der Waals surface area contributed by atoms with E-state index in [1.165, 1.54) is 11.6 Å². The first-order valence-corrected chi connectivity index (χ1v) is 8.06. The van der Waals surface area contributed by atoms with Crippen molar-refractivity contribution in [2.75, 3.05) is 0 Å². The Balaban J connectivity index is 2.37. The van der Waals surface area contributed by atoms with Crippen LogP contribution in [0, 0.1) is 10.1 Å². The minimum absolute atomic E-state index is 0.0790. The molecule has 0 N–H and O–H groups in total. The van der Waals surface area contributed by atoms with Gasteiger partial charge >= 0.3 is 0 Å². The summed E-state index contributed by atoms with van der Waals surface area (Å²) in [7, 11) is 0. The van der Waals surface area contributed by atoms with Crippen molar-refractivity contribution in [2.45, 2.75) is 52.4 Å². The maximum absolute atomic E-state index is 11.0. The van der Waals surface area contributed by atoms with Crippen LogP contribution in [0.5, 0.6) is 11.5 Å². The van der Waals surface area contributed by atoms with Crippen molar-refractivity contribution in [3.05, 3.63) is 63.7 Å². The molecule has 0 aromatic heterocycles. The summed E-state index contributed by atoms with van der Waals surface area (Å²) in [6, 6.07) is 12.7. The third-order valence-corrected chi connectivity index (χ3v) is 3.93. The molecule has 24 heavy (non-hydrogen) atoms. The van der Waals surface area contributed by atoms with Gasteiger partial charge in [-0.15, -0.1) is 0 Å². The highest BCUT2D eigenvalue weighted by molar-refractivity contribution is 5.49. The molecular weight excluding hydrogens is 302 g/mol. The molecule has 0 spiro atoms. The highest BCUT2D eigenvalue weighted by atomic mass is 16.6. The van der Waals surface area contributed by atoms with Gasteiger partial charge in [0.25, 0.3) is 5.69 Å². The van der Waals surface area contributed by atoms with Gasteiger partial charge in [0.05, 0.1) is 4.92 Å². The summed E-state index contributed by atoms with van der Waals surface area (Å²) in [5.74, 6) is 1.37. The van der Waals surface area contributed by atoms with Gasteiger partial charge in [-0.25, -0.2) is 0 Å². The SMILES string of the molecule is CC(C)(C)c1ccc(Oc2ccc([N+](=O)[O-])cc2C(C)(C)C)cc1. The Bertz CT molecular complexity index is 735. The number of rotatable bonds is 3. The number of hydrogen-bond donors (Lipinski definition) is 0. The molecule has 4 heteroatoms. The molecule has 0 aliphatic carbocycles. The number of nitrogens with zero attached hydrogens (tertiary/aromatic N) is 1. The molecule has 0 amide bonds. The summed E-state index contributed by atoms with van der Waals surface area (Å²) in [5.41, 5.74) is 1.95. The first-order valence-electron chi connectivity index (χ1n) is 8.06. The van der Waals surface area contributed by atoms with Gasteiger partial charge in [0, 0.05) is 17.7 Å². The van der Waals surface area contributed by atoms with Crippen LogP contribution in [0.3, 0.4) is 0 Å². The minimum atomic E-state index is -0.378. The molecule has 0 saturated heterocycles. The molecule has 2 aromatic carbocycles. The van der Waals surface area contributed by atoms with E-state index in [1.807, 2.05) is 32.9 Å². The summed E-state index contributed by atoms with van der Waals surface area (Å²) in [4.78, 5) is 10.7. The van der Waals surface area contributed by atoms with Gasteiger partial charge in [-0.05, 0) is 34.6 Å². The van der Waals surface area contributed by atoms with E-state index in [0.717, 1.165) is 11.3 Å². The van der Waals surface area contributed by atoms with Gasteiger partial charge in [-0.1, -0.05) is 53.7 Å². The normalized spacial score (nSPS) is 12.1. The lowest BCUT2D eigenvalue weighted by Crippen LogP contribution is -2.13. The van der Waals surface area contributed by atoms with Crippen LogP contribution in [0.15, 0.2) is 42.5 Å². The van der Waals surface area contributed by atoms with Gasteiger partial charge in [0.2, 0.25) is 0 Å². The van der Waals surface area contributed by atoms with E-state index in [1.54, 1.807) is 12.1 Å². The van der Waals surface area contributed by atoms with Crippen LogP contribution in [0.1, 0.15) is 52.7 Å². The topological polar surface area (TPSA) is 52.4 Å². The van der Waals surface area contributed by atoms with Crippen molar-refractivity contribution in [1.29, 1.82) is 0 Å². The van der Waals surface area contributed by atoms with Crippen molar-refractivity contribution >= 4 is 5.69 Å². The molecule has 0 radical (unpaired) electrons. The van der Waals surface area contributed by atoms with Crippen LogP contribution in [0.4, 0.5) is 5.69 Å². The fraction of sp³-hybridized carbons (Fsp3) is 0.400. The van der Waals surface area contributed by atoms with Crippen LogP contribution in [-0.2, 0) is 10.8 Å². The Kier molecular flexibility index (Phi) is 4.70. The Morgan fingerprint density at radius 2 is 1.46 bits per heavy atom. The lowest BCUT2D eigenvalue weighted by Gasteiger charge is -2.23. The third kappa shape index (κ3) is 4.13. The monoisotopic (exact) mass is 327 g/mol. The van der Waals surface area contributed by atoms with Crippen molar-refractivity contribution in [3.63, 3.8) is 0 Å². The zero-order valence-corrected chi connectivity index (χ0v) is 15.2. The van der Waals surface area contributed by atoms with E-state index in [0.29, 0.717) is 5.75 Å². The molecule has 2 aromatic rings. The second-order valence-electron chi connectivity index (χ2n) is 8.06. The average Bonchev–Trinajstić information content (AvgIpc) is 2.46. The highest BCUT2D eigenvalue weighted by Gasteiger charge is 2.23. The van der Waals surface area contributed by atoms with E-state index in [9.17, 15) is 10.1 Å². The first-order chi connectivity index (χ1) is 11.0. The number of ether oxygens (including phenoxy) is 1. The fourth-order valence-electron chi connectivity index (χ4n) is 2.46. The smallest absolute Gasteiger partial charge is 0.269 e. The highest BCUT2D eigenvalue weighted by Crippen LogP contribution is 2.37. The maximum atomic E-state index is 11.0. The van der Waals surface area contributed by atoms with Crippen LogP contribution < -0.4 is 4.74 Å². The standard InChI is InChI=1S/C20H25NO3/c1-19(2,3)14-7-10-16(11-8-14)24-18-12-9-15(21(22)23)13-17(18)20(4,5)6/h7-13H,1-6H3. The summed E-state index contributed by atoms with van der Waals surface area (Å²) < 4.78 is 6.02. The summed E-state index contributed by atoms with van der Waals surface area (Å²) in [6.45, 7) is 12.5. The Labute approximate surface area is 143 Å². The molecule has 0 aliphatic rings. The van der Waals surface area contributed by atoms with Gasteiger partial charge in [-0.3, -0.25) is 10.1 Å². The predicted molar refractivity (Wildman–Crippen MR) is 97.0 cm³/mol. The predicted octanol–water partition coefficient (Wildman–Crippen LogP) is 5.98. The number of non-ortho nitro benzene ring substituents is 1. The lowest BCUT2D eigenvalue weighted by atomic mass is 9.86. The average molecular weight is 327 g/mol. The first kappa shape index (κ1) is 18.0. The van der Waals surface area contributed by atoms with Gasteiger partial charge in [0.15, 0.2) is 0 Å².